The molecule has 9 rings (SSSR count). The molecular formula is C46H36N2. The quantitative estimate of drug-likeness (QED) is 0.187. The molecular weight excluding hydrogens is 581 g/mol. The van der Waals surface area contributed by atoms with Crippen molar-refractivity contribution in [3.8, 4) is 27.9 Å². The molecule has 230 valence electrons. The zero-order valence-corrected chi connectivity index (χ0v) is 27.2. The maximum absolute atomic E-state index is 2.54. The van der Waals surface area contributed by atoms with Crippen LogP contribution >= 0.6 is 0 Å². The van der Waals surface area contributed by atoms with Gasteiger partial charge in [0.05, 0.1) is 17.1 Å². The summed E-state index contributed by atoms with van der Waals surface area (Å²) in [6.07, 6.45) is 0. The lowest BCUT2D eigenvalue weighted by Gasteiger charge is -2.35. The van der Waals surface area contributed by atoms with E-state index in [2.05, 4.69) is 199 Å². The Balaban J connectivity index is 1.06. The fourth-order valence-electron chi connectivity index (χ4n) is 8.00. The van der Waals surface area contributed by atoms with Gasteiger partial charge >= 0.3 is 0 Å². The molecule has 1 aliphatic heterocycles. The van der Waals surface area contributed by atoms with Crippen LogP contribution in [-0.4, -0.2) is 4.57 Å². The van der Waals surface area contributed by atoms with Gasteiger partial charge in [-0.25, -0.2) is 0 Å². The first kappa shape index (κ1) is 28.4. The van der Waals surface area contributed by atoms with Crippen molar-refractivity contribution in [3.05, 3.63) is 187 Å². The normalized spacial score (nSPS) is 15.2. The highest BCUT2D eigenvalue weighted by atomic mass is 15.2. The number of rotatable bonds is 5. The molecule has 0 aliphatic carbocycles. The van der Waals surface area contributed by atoms with E-state index in [4.69, 9.17) is 0 Å². The summed E-state index contributed by atoms with van der Waals surface area (Å²) < 4.78 is 2.37. The molecule has 0 spiro atoms. The average Bonchev–Trinajstić information content (AvgIpc) is 3.61. The summed E-state index contributed by atoms with van der Waals surface area (Å²) in [5.74, 6) is 0. The van der Waals surface area contributed by atoms with E-state index in [1.54, 1.807) is 0 Å². The van der Waals surface area contributed by atoms with Crippen molar-refractivity contribution in [2.45, 2.75) is 25.3 Å². The van der Waals surface area contributed by atoms with Gasteiger partial charge in [-0.15, -0.1) is 0 Å². The largest absolute Gasteiger partial charge is 0.333 e. The first-order chi connectivity index (χ1) is 23.6. The Morgan fingerprint density at radius 1 is 0.417 bits per heavy atom. The third kappa shape index (κ3) is 4.48. The summed E-state index contributed by atoms with van der Waals surface area (Å²) in [6, 6.07) is 64.4. The number of nitrogens with zero attached hydrogens (tertiary/aromatic N) is 2. The summed E-state index contributed by atoms with van der Waals surface area (Å²) in [5.41, 5.74) is 13.6. The van der Waals surface area contributed by atoms with E-state index in [9.17, 15) is 0 Å². The minimum absolute atomic E-state index is 0.0772. The standard InChI is InChI=1S/C46H36N2/c1-46(2)41-16-8-11-19-44(41)48(45(46)36-22-20-33(21-23-36)32-12-4-3-5-13-32)38-30-26-35(27-31-38)34-24-28-37(29-25-34)47-42-17-9-6-14-39(42)40-15-7-10-18-43(40)47/h3-31,45H,1-2H3. The molecule has 7 aromatic carbocycles. The van der Waals surface area contributed by atoms with Crippen LogP contribution in [0.25, 0.3) is 49.7 Å². The third-order valence-electron chi connectivity index (χ3n) is 10.3. The van der Waals surface area contributed by atoms with Crippen molar-refractivity contribution >= 4 is 33.2 Å². The van der Waals surface area contributed by atoms with Crippen LogP contribution in [0, 0.1) is 0 Å². The molecule has 1 atom stereocenters. The molecule has 0 N–H and O–H groups in total. The molecule has 2 heteroatoms. The van der Waals surface area contributed by atoms with Gasteiger partial charge in [-0.3, -0.25) is 0 Å². The first-order valence-electron chi connectivity index (χ1n) is 16.8. The SMILES string of the molecule is CC1(C)c2ccccc2N(c2ccc(-c3ccc(-n4c5ccccc5c5ccccc54)cc3)cc2)C1c1ccc(-c2ccccc2)cc1. The summed E-state index contributed by atoms with van der Waals surface area (Å²) in [6.45, 7) is 4.77. The highest BCUT2D eigenvalue weighted by Gasteiger charge is 2.45. The van der Waals surface area contributed by atoms with E-state index < -0.39 is 0 Å². The van der Waals surface area contributed by atoms with Gasteiger partial charge in [0.2, 0.25) is 0 Å². The maximum atomic E-state index is 2.54. The van der Waals surface area contributed by atoms with Gasteiger partial charge in [0.1, 0.15) is 0 Å². The van der Waals surface area contributed by atoms with Crippen LogP contribution < -0.4 is 4.90 Å². The van der Waals surface area contributed by atoms with Crippen LogP contribution in [-0.2, 0) is 5.41 Å². The van der Waals surface area contributed by atoms with Crippen molar-refractivity contribution in [1.82, 2.24) is 4.57 Å². The second kappa shape index (κ2) is 11.1. The van der Waals surface area contributed by atoms with E-state index in [-0.39, 0.29) is 11.5 Å². The number of anilines is 2. The first-order valence-corrected chi connectivity index (χ1v) is 16.8. The molecule has 0 saturated carbocycles. The molecule has 1 unspecified atom stereocenters. The van der Waals surface area contributed by atoms with Gasteiger partial charge in [-0.05, 0) is 75.8 Å². The van der Waals surface area contributed by atoms with E-state index in [0.29, 0.717) is 0 Å². The predicted molar refractivity (Wildman–Crippen MR) is 202 cm³/mol. The summed E-state index contributed by atoms with van der Waals surface area (Å²) in [7, 11) is 0. The zero-order valence-electron chi connectivity index (χ0n) is 27.2. The van der Waals surface area contributed by atoms with E-state index in [0.717, 1.165) is 0 Å². The van der Waals surface area contributed by atoms with Crippen molar-refractivity contribution < 1.29 is 0 Å². The smallest absolute Gasteiger partial charge is 0.0683 e. The Hall–Kier alpha value is -5.86. The fourth-order valence-corrected chi connectivity index (χ4v) is 8.00. The van der Waals surface area contributed by atoms with Gasteiger partial charge in [0, 0.05) is 33.2 Å². The van der Waals surface area contributed by atoms with Gasteiger partial charge < -0.3 is 9.47 Å². The Morgan fingerprint density at radius 3 is 1.48 bits per heavy atom. The van der Waals surface area contributed by atoms with Gasteiger partial charge in [-0.1, -0.05) is 147 Å². The molecule has 48 heavy (non-hydrogen) atoms. The molecule has 2 heterocycles. The summed E-state index contributed by atoms with van der Waals surface area (Å²) in [4.78, 5) is 2.54. The lowest BCUT2D eigenvalue weighted by Crippen LogP contribution is -2.30. The predicted octanol–water partition coefficient (Wildman–Crippen LogP) is 12.3. The third-order valence-corrected chi connectivity index (χ3v) is 10.3. The Morgan fingerprint density at radius 2 is 0.875 bits per heavy atom. The number of aromatic nitrogens is 1. The monoisotopic (exact) mass is 616 g/mol. The van der Waals surface area contributed by atoms with Crippen LogP contribution in [0.15, 0.2) is 176 Å². The Bertz CT molecular complexity index is 2340. The van der Waals surface area contributed by atoms with E-state index >= 15 is 0 Å². The number of hydrogen-bond acceptors (Lipinski definition) is 1. The van der Waals surface area contributed by atoms with E-state index in [1.807, 2.05) is 0 Å². The maximum Gasteiger partial charge on any atom is 0.0683 e. The average molecular weight is 617 g/mol. The fraction of sp³-hybridized carbons (Fsp3) is 0.0870. The van der Waals surface area contributed by atoms with Crippen LogP contribution in [0.1, 0.15) is 31.0 Å². The number of para-hydroxylation sites is 3. The lowest BCUT2D eigenvalue weighted by atomic mass is 9.77. The van der Waals surface area contributed by atoms with Gasteiger partial charge in [0.25, 0.3) is 0 Å². The van der Waals surface area contributed by atoms with Crippen molar-refractivity contribution in [3.63, 3.8) is 0 Å². The minimum atomic E-state index is -0.0772. The highest BCUT2D eigenvalue weighted by molar-refractivity contribution is 6.09. The van der Waals surface area contributed by atoms with Crippen molar-refractivity contribution in [2.75, 3.05) is 4.90 Å². The van der Waals surface area contributed by atoms with Crippen molar-refractivity contribution in [2.24, 2.45) is 0 Å². The summed E-state index contributed by atoms with van der Waals surface area (Å²) >= 11 is 0. The molecule has 0 radical (unpaired) electrons. The summed E-state index contributed by atoms with van der Waals surface area (Å²) in [5, 5.41) is 2.56. The zero-order chi connectivity index (χ0) is 32.2. The molecule has 0 amide bonds. The second-order valence-electron chi connectivity index (χ2n) is 13.5. The number of fused-ring (bicyclic) bond motifs is 4. The van der Waals surface area contributed by atoms with Gasteiger partial charge in [-0.2, -0.15) is 0 Å². The van der Waals surface area contributed by atoms with Crippen LogP contribution in [0.3, 0.4) is 0 Å². The van der Waals surface area contributed by atoms with Crippen LogP contribution in [0.2, 0.25) is 0 Å². The second-order valence-corrected chi connectivity index (χ2v) is 13.5. The van der Waals surface area contributed by atoms with Gasteiger partial charge in [0.15, 0.2) is 0 Å². The molecule has 1 aliphatic rings. The van der Waals surface area contributed by atoms with Crippen LogP contribution in [0.4, 0.5) is 11.4 Å². The number of hydrogen-bond donors (Lipinski definition) is 0. The molecule has 8 aromatic rings. The highest BCUT2D eigenvalue weighted by Crippen LogP contribution is 2.55. The molecule has 2 nitrogen and oxygen atoms in total. The van der Waals surface area contributed by atoms with Crippen molar-refractivity contribution in [1.29, 1.82) is 0 Å². The van der Waals surface area contributed by atoms with Crippen LogP contribution in [0.5, 0.6) is 0 Å². The molecule has 0 bridgehead atoms. The molecule has 0 fully saturated rings. The number of benzene rings is 7. The minimum Gasteiger partial charge on any atom is -0.333 e. The lowest BCUT2D eigenvalue weighted by molar-refractivity contribution is 0.449. The molecule has 1 aromatic heterocycles. The van der Waals surface area contributed by atoms with E-state index in [1.165, 1.54) is 72.2 Å². The topological polar surface area (TPSA) is 8.17 Å². The Kier molecular flexibility index (Phi) is 6.58. The molecule has 0 saturated heterocycles. The Labute approximate surface area is 282 Å².